The van der Waals surface area contributed by atoms with Crippen LogP contribution in [0.1, 0.15) is 33.6 Å². The second-order valence-corrected chi connectivity index (χ2v) is 7.25. The van der Waals surface area contributed by atoms with Crippen molar-refractivity contribution in [2.75, 3.05) is 19.6 Å². The Kier molecular flexibility index (Phi) is 5.63. The zero-order valence-corrected chi connectivity index (χ0v) is 14.4. The number of hydrogen-bond donors (Lipinski definition) is 1. The summed E-state index contributed by atoms with van der Waals surface area (Å²) >= 11 is 1.80. The topological polar surface area (TPSA) is 56.1 Å². The van der Waals surface area contributed by atoms with Crippen LogP contribution in [0.2, 0.25) is 0 Å². The molecule has 0 saturated carbocycles. The number of hydrogen-bond acceptors (Lipinski definition) is 4. The van der Waals surface area contributed by atoms with Gasteiger partial charge >= 0.3 is 0 Å². The molecule has 1 aromatic heterocycles. The third kappa shape index (κ3) is 4.44. The van der Waals surface area contributed by atoms with Crippen LogP contribution in [-0.4, -0.2) is 30.4 Å². The molecular weight excluding hydrogens is 318 g/mol. The molecule has 5 heteroatoms. The van der Waals surface area contributed by atoms with Gasteiger partial charge in [0.1, 0.15) is 0 Å². The molecule has 2 heterocycles. The van der Waals surface area contributed by atoms with Gasteiger partial charge in [-0.25, -0.2) is 0 Å². The van der Waals surface area contributed by atoms with Crippen molar-refractivity contribution in [1.82, 2.24) is 10.2 Å². The first-order valence-electron chi connectivity index (χ1n) is 8.27. The van der Waals surface area contributed by atoms with E-state index in [9.17, 15) is 4.79 Å². The molecule has 1 aliphatic rings. The average molecular weight is 339 g/mol. The summed E-state index contributed by atoms with van der Waals surface area (Å²) in [6.45, 7) is 3.89. The van der Waals surface area contributed by atoms with Crippen molar-refractivity contribution >= 4 is 17.2 Å². The van der Waals surface area contributed by atoms with Gasteiger partial charge in [0.25, 0.3) is 5.91 Å². The van der Waals surface area contributed by atoms with E-state index in [1.807, 2.05) is 0 Å². The van der Waals surface area contributed by atoms with Gasteiger partial charge in [-0.1, -0.05) is 6.07 Å². The fourth-order valence-corrected chi connectivity index (χ4v) is 3.87. The van der Waals surface area contributed by atoms with Crippen LogP contribution in [0.5, 0.6) is 0 Å². The highest BCUT2D eigenvalue weighted by Crippen LogP contribution is 2.20. The average Bonchev–Trinajstić information content (AvgIpc) is 3.13. The lowest BCUT2D eigenvalue weighted by Crippen LogP contribution is -2.40. The normalized spacial score (nSPS) is 18.0. The molecule has 1 atom stereocenters. The van der Waals surface area contributed by atoms with E-state index in [4.69, 9.17) is 5.26 Å². The van der Waals surface area contributed by atoms with E-state index < -0.39 is 0 Å². The Morgan fingerprint density at radius 1 is 1.33 bits per heavy atom. The van der Waals surface area contributed by atoms with Crippen LogP contribution in [0.15, 0.2) is 41.8 Å². The highest BCUT2D eigenvalue weighted by molar-refractivity contribution is 7.09. The van der Waals surface area contributed by atoms with E-state index in [1.54, 1.807) is 35.6 Å². The van der Waals surface area contributed by atoms with Crippen LogP contribution in [0.3, 0.4) is 0 Å². The molecule has 0 radical (unpaired) electrons. The SMILES string of the molecule is N#Cc1ccc(C(=O)NCC2CCCN(Cc3cccs3)C2)cc1. The monoisotopic (exact) mass is 339 g/mol. The van der Waals surface area contributed by atoms with Crippen LogP contribution in [0.25, 0.3) is 0 Å². The number of likely N-dealkylation sites (tertiary alicyclic amines) is 1. The number of benzene rings is 1. The maximum Gasteiger partial charge on any atom is 0.251 e. The minimum absolute atomic E-state index is 0.0603. The first kappa shape index (κ1) is 16.7. The van der Waals surface area contributed by atoms with Crippen LogP contribution in [0, 0.1) is 17.2 Å². The summed E-state index contributed by atoms with van der Waals surface area (Å²) in [7, 11) is 0. The van der Waals surface area contributed by atoms with E-state index >= 15 is 0 Å². The highest BCUT2D eigenvalue weighted by atomic mass is 32.1. The lowest BCUT2D eigenvalue weighted by Gasteiger charge is -2.32. The molecule has 4 nitrogen and oxygen atoms in total. The Morgan fingerprint density at radius 3 is 2.88 bits per heavy atom. The van der Waals surface area contributed by atoms with Gasteiger partial charge in [-0.3, -0.25) is 9.69 Å². The molecule has 24 heavy (non-hydrogen) atoms. The second kappa shape index (κ2) is 8.09. The van der Waals surface area contributed by atoms with Crippen molar-refractivity contribution in [1.29, 1.82) is 5.26 Å². The minimum atomic E-state index is -0.0603. The zero-order valence-electron chi connectivity index (χ0n) is 13.6. The van der Waals surface area contributed by atoms with Gasteiger partial charge in [-0.15, -0.1) is 11.3 Å². The predicted octanol–water partition coefficient (Wildman–Crippen LogP) is 3.26. The standard InChI is InChI=1S/C19H21N3OS/c20-11-15-5-7-17(8-6-15)19(23)21-12-16-3-1-9-22(13-16)14-18-4-2-10-24-18/h2,4-8,10,16H,1,3,9,12-14H2,(H,21,23). The fourth-order valence-electron chi connectivity index (χ4n) is 3.12. The quantitative estimate of drug-likeness (QED) is 0.910. The van der Waals surface area contributed by atoms with E-state index in [-0.39, 0.29) is 5.91 Å². The third-order valence-corrected chi connectivity index (χ3v) is 5.25. The van der Waals surface area contributed by atoms with E-state index in [1.165, 1.54) is 11.3 Å². The molecule has 1 aliphatic heterocycles. The Hall–Kier alpha value is -2.16. The number of carbonyl (C=O) groups excluding carboxylic acids is 1. The molecule has 0 bridgehead atoms. The number of thiophene rings is 1. The summed E-state index contributed by atoms with van der Waals surface area (Å²) < 4.78 is 0. The van der Waals surface area contributed by atoms with Crippen LogP contribution >= 0.6 is 11.3 Å². The lowest BCUT2D eigenvalue weighted by atomic mass is 9.97. The largest absolute Gasteiger partial charge is 0.352 e. The minimum Gasteiger partial charge on any atom is -0.352 e. The summed E-state index contributed by atoms with van der Waals surface area (Å²) in [6.07, 6.45) is 2.34. The zero-order chi connectivity index (χ0) is 16.8. The van der Waals surface area contributed by atoms with Gasteiger partial charge in [0.05, 0.1) is 11.6 Å². The van der Waals surface area contributed by atoms with E-state index in [2.05, 4.69) is 33.8 Å². The number of rotatable bonds is 5. The molecule has 0 aliphatic carbocycles. The molecule has 1 saturated heterocycles. The highest BCUT2D eigenvalue weighted by Gasteiger charge is 2.20. The van der Waals surface area contributed by atoms with Gasteiger partial charge in [-0.2, -0.15) is 5.26 Å². The van der Waals surface area contributed by atoms with E-state index in [0.717, 1.165) is 26.1 Å². The van der Waals surface area contributed by atoms with Crippen molar-refractivity contribution < 1.29 is 4.79 Å². The molecule has 1 amide bonds. The summed E-state index contributed by atoms with van der Waals surface area (Å²) in [6, 6.07) is 13.1. The van der Waals surface area contributed by atoms with Crippen molar-refractivity contribution in [2.24, 2.45) is 5.92 Å². The summed E-state index contributed by atoms with van der Waals surface area (Å²) in [5.74, 6) is 0.441. The van der Waals surface area contributed by atoms with Crippen LogP contribution < -0.4 is 5.32 Å². The second-order valence-electron chi connectivity index (χ2n) is 6.22. The molecule has 1 unspecified atom stereocenters. The Balaban J connectivity index is 1.48. The number of nitriles is 1. The summed E-state index contributed by atoms with van der Waals surface area (Å²) in [5, 5.41) is 14.0. The van der Waals surface area contributed by atoms with Crippen LogP contribution in [0.4, 0.5) is 0 Å². The van der Waals surface area contributed by atoms with Gasteiger partial charge in [0.15, 0.2) is 0 Å². The van der Waals surface area contributed by atoms with Crippen molar-refractivity contribution in [3.8, 4) is 6.07 Å². The predicted molar refractivity (Wildman–Crippen MR) is 95.8 cm³/mol. The number of piperidine rings is 1. The number of amides is 1. The molecule has 3 rings (SSSR count). The van der Waals surface area contributed by atoms with Crippen molar-refractivity contribution in [3.63, 3.8) is 0 Å². The molecule has 124 valence electrons. The smallest absolute Gasteiger partial charge is 0.251 e. The summed E-state index contributed by atoms with van der Waals surface area (Å²) in [4.78, 5) is 16.1. The number of carbonyl (C=O) groups is 1. The molecular formula is C19H21N3OS. The molecule has 1 aromatic carbocycles. The first-order chi connectivity index (χ1) is 11.7. The molecule has 0 spiro atoms. The van der Waals surface area contributed by atoms with Crippen LogP contribution in [-0.2, 0) is 6.54 Å². The maximum atomic E-state index is 12.2. The molecule has 2 aromatic rings. The molecule has 1 N–H and O–H groups in total. The Labute approximate surface area is 146 Å². The van der Waals surface area contributed by atoms with Gasteiger partial charge in [0.2, 0.25) is 0 Å². The van der Waals surface area contributed by atoms with Crippen molar-refractivity contribution in [2.45, 2.75) is 19.4 Å². The lowest BCUT2D eigenvalue weighted by molar-refractivity contribution is 0.0931. The molecule has 1 fully saturated rings. The van der Waals surface area contributed by atoms with Gasteiger partial charge in [0, 0.05) is 30.1 Å². The summed E-state index contributed by atoms with van der Waals surface area (Å²) in [5.41, 5.74) is 1.18. The maximum absolute atomic E-state index is 12.2. The van der Waals surface area contributed by atoms with Crippen molar-refractivity contribution in [3.05, 3.63) is 57.8 Å². The number of nitrogens with zero attached hydrogens (tertiary/aromatic N) is 2. The Bertz CT molecular complexity index is 703. The first-order valence-corrected chi connectivity index (χ1v) is 9.15. The van der Waals surface area contributed by atoms with Gasteiger partial charge in [-0.05, 0) is 61.0 Å². The third-order valence-electron chi connectivity index (χ3n) is 4.39. The Morgan fingerprint density at radius 2 is 2.17 bits per heavy atom. The number of nitrogens with one attached hydrogen (secondary N) is 1. The van der Waals surface area contributed by atoms with E-state index in [0.29, 0.717) is 23.6 Å². The fraction of sp³-hybridized carbons (Fsp3) is 0.368. The van der Waals surface area contributed by atoms with Gasteiger partial charge < -0.3 is 5.32 Å².